The van der Waals surface area contributed by atoms with Gasteiger partial charge in [-0.1, -0.05) is 37.3 Å². The van der Waals surface area contributed by atoms with Crippen molar-refractivity contribution in [1.82, 2.24) is 0 Å². The predicted molar refractivity (Wildman–Crippen MR) is 80.9 cm³/mol. The van der Waals surface area contributed by atoms with Crippen LogP contribution in [-0.2, 0) is 9.31 Å². The number of benzene rings is 1. The van der Waals surface area contributed by atoms with Crippen LogP contribution in [0.15, 0.2) is 30.3 Å². The van der Waals surface area contributed by atoms with Gasteiger partial charge in [0.2, 0.25) is 0 Å². The molecule has 1 atom stereocenters. The molecular formula is C16H23BO3. The SMILES string of the molecule is CC(CC(=O)c1ccccc1)B1OC(C)(C)C(C)(C)O1. The van der Waals surface area contributed by atoms with E-state index in [1.54, 1.807) is 0 Å². The van der Waals surface area contributed by atoms with Crippen molar-refractivity contribution in [3.63, 3.8) is 0 Å². The third kappa shape index (κ3) is 2.96. The van der Waals surface area contributed by atoms with Gasteiger partial charge in [0.15, 0.2) is 5.78 Å². The Balaban J connectivity index is 2.00. The number of hydrogen-bond acceptors (Lipinski definition) is 3. The first kappa shape index (κ1) is 15.3. The molecular weight excluding hydrogens is 251 g/mol. The highest BCUT2D eigenvalue weighted by molar-refractivity contribution is 6.47. The second-order valence-corrected chi connectivity index (χ2v) is 6.60. The van der Waals surface area contributed by atoms with Gasteiger partial charge in [-0.05, 0) is 33.5 Å². The average molecular weight is 274 g/mol. The predicted octanol–water partition coefficient (Wildman–Crippen LogP) is 3.74. The Morgan fingerprint density at radius 3 is 2.10 bits per heavy atom. The van der Waals surface area contributed by atoms with E-state index in [2.05, 4.69) is 0 Å². The van der Waals surface area contributed by atoms with Gasteiger partial charge in [0.1, 0.15) is 0 Å². The van der Waals surface area contributed by atoms with Crippen LogP contribution in [0.3, 0.4) is 0 Å². The maximum absolute atomic E-state index is 12.2. The van der Waals surface area contributed by atoms with E-state index in [4.69, 9.17) is 9.31 Å². The Kier molecular flexibility index (Phi) is 4.08. The fourth-order valence-corrected chi connectivity index (χ4v) is 2.25. The first-order valence-electron chi connectivity index (χ1n) is 7.17. The largest absolute Gasteiger partial charge is 0.461 e. The Morgan fingerprint density at radius 2 is 1.60 bits per heavy atom. The van der Waals surface area contributed by atoms with Crippen LogP contribution >= 0.6 is 0 Å². The smallest absolute Gasteiger partial charge is 0.403 e. The van der Waals surface area contributed by atoms with Crippen LogP contribution in [0.5, 0.6) is 0 Å². The standard InChI is InChI=1S/C16H23BO3/c1-12(11-14(18)13-9-7-6-8-10-13)17-19-15(2,3)16(4,5)20-17/h6-10,12H,11H2,1-5H3. The van der Waals surface area contributed by atoms with Crippen molar-refractivity contribution in [2.75, 3.05) is 0 Å². The number of hydrogen-bond donors (Lipinski definition) is 0. The van der Waals surface area contributed by atoms with E-state index in [0.29, 0.717) is 6.42 Å². The molecule has 4 heteroatoms. The molecule has 0 radical (unpaired) electrons. The average Bonchev–Trinajstić information content (AvgIpc) is 2.59. The van der Waals surface area contributed by atoms with Crippen LogP contribution in [0, 0.1) is 0 Å². The lowest BCUT2D eigenvalue weighted by Gasteiger charge is -2.32. The van der Waals surface area contributed by atoms with Crippen molar-refractivity contribution < 1.29 is 14.1 Å². The minimum atomic E-state index is -0.346. The molecule has 1 unspecified atom stereocenters. The highest BCUT2D eigenvalue weighted by Gasteiger charge is 2.52. The zero-order valence-corrected chi connectivity index (χ0v) is 13.0. The summed E-state index contributed by atoms with van der Waals surface area (Å²) in [5, 5.41) is 0. The third-order valence-corrected chi connectivity index (χ3v) is 4.34. The van der Waals surface area contributed by atoms with Crippen LogP contribution in [0.4, 0.5) is 0 Å². The van der Waals surface area contributed by atoms with Crippen molar-refractivity contribution in [3.05, 3.63) is 35.9 Å². The Labute approximate surface area is 121 Å². The lowest BCUT2D eigenvalue weighted by molar-refractivity contribution is 0.00578. The Morgan fingerprint density at radius 1 is 1.10 bits per heavy atom. The third-order valence-electron chi connectivity index (χ3n) is 4.34. The molecule has 0 aliphatic carbocycles. The summed E-state index contributed by atoms with van der Waals surface area (Å²) >= 11 is 0. The van der Waals surface area contributed by atoms with Crippen molar-refractivity contribution >= 4 is 12.9 Å². The lowest BCUT2D eigenvalue weighted by Crippen LogP contribution is -2.41. The summed E-state index contributed by atoms with van der Waals surface area (Å²) in [6.07, 6.45) is 0.431. The molecule has 0 saturated carbocycles. The van der Waals surface area contributed by atoms with Gasteiger partial charge in [0, 0.05) is 12.0 Å². The van der Waals surface area contributed by atoms with E-state index in [1.165, 1.54) is 0 Å². The number of carbonyl (C=O) groups is 1. The van der Waals surface area contributed by atoms with Crippen molar-refractivity contribution in [3.8, 4) is 0 Å². The summed E-state index contributed by atoms with van der Waals surface area (Å²) in [6, 6.07) is 9.37. The highest BCUT2D eigenvalue weighted by atomic mass is 16.7. The Bertz CT molecular complexity index is 466. The van der Waals surface area contributed by atoms with Gasteiger partial charge >= 0.3 is 7.12 Å². The molecule has 0 aromatic heterocycles. The van der Waals surface area contributed by atoms with Gasteiger partial charge in [-0.3, -0.25) is 4.79 Å². The van der Waals surface area contributed by atoms with E-state index in [9.17, 15) is 4.79 Å². The monoisotopic (exact) mass is 274 g/mol. The molecule has 0 amide bonds. The first-order valence-corrected chi connectivity index (χ1v) is 7.17. The maximum atomic E-state index is 12.2. The van der Waals surface area contributed by atoms with Gasteiger partial charge < -0.3 is 9.31 Å². The fraction of sp³-hybridized carbons (Fsp3) is 0.562. The minimum absolute atomic E-state index is 0.0313. The van der Waals surface area contributed by atoms with Gasteiger partial charge in [-0.25, -0.2) is 0 Å². The fourth-order valence-electron chi connectivity index (χ4n) is 2.25. The van der Waals surface area contributed by atoms with Gasteiger partial charge in [0.05, 0.1) is 11.2 Å². The zero-order chi connectivity index (χ0) is 15.0. The molecule has 1 heterocycles. The molecule has 108 valence electrons. The maximum Gasteiger partial charge on any atom is 0.461 e. The molecule has 1 fully saturated rings. The van der Waals surface area contributed by atoms with E-state index in [1.807, 2.05) is 65.0 Å². The molecule has 1 aliphatic rings. The molecule has 3 nitrogen and oxygen atoms in total. The number of ketones is 1. The van der Waals surface area contributed by atoms with Crippen molar-refractivity contribution in [2.45, 2.75) is 58.1 Å². The second-order valence-electron chi connectivity index (χ2n) is 6.60. The molecule has 1 aliphatic heterocycles. The Hall–Kier alpha value is -1.13. The summed E-state index contributed by atoms with van der Waals surface area (Å²) in [4.78, 5) is 12.2. The van der Waals surface area contributed by atoms with Crippen LogP contribution in [0.1, 0.15) is 51.4 Å². The van der Waals surface area contributed by atoms with Crippen LogP contribution in [0.2, 0.25) is 5.82 Å². The molecule has 1 saturated heterocycles. The molecule has 0 bridgehead atoms. The number of Topliss-reactive ketones (excluding diaryl/α,β-unsaturated/α-hetero) is 1. The number of rotatable bonds is 4. The molecule has 1 aromatic rings. The van der Waals surface area contributed by atoms with Gasteiger partial charge in [-0.2, -0.15) is 0 Å². The molecule has 20 heavy (non-hydrogen) atoms. The topological polar surface area (TPSA) is 35.5 Å². The van der Waals surface area contributed by atoms with E-state index in [-0.39, 0.29) is 29.9 Å². The summed E-state index contributed by atoms with van der Waals surface area (Å²) in [6.45, 7) is 10.1. The second kappa shape index (κ2) is 5.34. The van der Waals surface area contributed by atoms with Crippen LogP contribution in [0.25, 0.3) is 0 Å². The summed E-state index contributed by atoms with van der Waals surface area (Å²) in [5.41, 5.74) is 0.0551. The minimum Gasteiger partial charge on any atom is -0.403 e. The van der Waals surface area contributed by atoms with Crippen LogP contribution in [-0.4, -0.2) is 24.1 Å². The van der Waals surface area contributed by atoms with Gasteiger partial charge in [0.25, 0.3) is 0 Å². The van der Waals surface area contributed by atoms with Crippen molar-refractivity contribution in [1.29, 1.82) is 0 Å². The highest BCUT2D eigenvalue weighted by Crippen LogP contribution is 2.40. The van der Waals surface area contributed by atoms with E-state index in [0.717, 1.165) is 5.56 Å². The van der Waals surface area contributed by atoms with E-state index < -0.39 is 0 Å². The zero-order valence-electron chi connectivity index (χ0n) is 13.0. The summed E-state index contributed by atoms with van der Waals surface area (Å²) in [7, 11) is -0.326. The van der Waals surface area contributed by atoms with E-state index >= 15 is 0 Å². The van der Waals surface area contributed by atoms with Gasteiger partial charge in [-0.15, -0.1) is 0 Å². The summed E-state index contributed by atoms with van der Waals surface area (Å²) in [5.74, 6) is 0.163. The first-order chi connectivity index (χ1) is 9.23. The molecule has 2 rings (SSSR count). The number of carbonyl (C=O) groups excluding carboxylic acids is 1. The summed E-state index contributed by atoms with van der Waals surface area (Å²) < 4.78 is 12.0. The lowest BCUT2D eigenvalue weighted by atomic mass is 9.70. The van der Waals surface area contributed by atoms with Crippen molar-refractivity contribution in [2.24, 2.45) is 0 Å². The molecule has 1 aromatic carbocycles. The quantitative estimate of drug-likeness (QED) is 0.619. The normalized spacial score (nSPS) is 21.8. The van der Waals surface area contributed by atoms with Crippen LogP contribution < -0.4 is 0 Å². The molecule has 0 N–H and O–H groups in total. The molecule has 0 spiro atoms.